The van der Waals surface area contributed by atoms with Crippen LogP contribution in [0.15, 0.2) is 48.5 Å². The minimum absolute atomic E-state index is 0.0310. The zero-order chi connectivity index (χ0) is 14.0. The zero-order valence-electron chi connectivity index (χ0n) is 10.8. The Labute approximate surface area is 110 Å². The van der Waals surface area contributed by atoms with E-state index in [2.05, 4.69) is 0 Å². The number of halogens is 2. The van der Waals surface area contributed by atoms with Gasteiger partial charge in [-0.2, -0.15) is 0 Å². The van der Waals surface area contributed by atoms with Gasteiger partial charge in [0.15, 0.2) is 5.78 Å². The van der Waals surface area contributed by atoms with Crippen LogP contribution < -0.4 is 0 Å². The van der Waals surface area contributed by atoms with Crippen molar-refractivity contribution in [3.8, 4) is 11.1 Å². The summed E-state index contributed by atoms with van der Waals surface area (Å²) in [4.78, 5) is 11.5. The summed E-state index contributed by atoms with van der Waals surface area (Å²) in [6.07, 6.45) is 0. The molecule has 1 nitrogen and oxygen atoms in total. The van der Waals surface area contributed by atoms with Gasteiger partial charge in [0.05, 0.1) is 0 Å². The van der Waals surface area contributed by atoms with Crippen LogP contribution in [0.5, 0.6) is 0 Å². The molecule has 0 heterocycles. The Bertz CT molecular complexity index is 595. The zero-order valence-corrected chi connectivity index (χ0v) is 10.8. The van der Waals surface area contributed by atoms with Crippen LogP contribution >= 0.6 is 0 Å². The van der Waals surface area contributed by atoms with E-state index in [-0.39, 0.29) is 11.3 Å². The average Bonchev–Trinajstić information content (AvgIpc) is 2.38. The topological polar surface area (TPSA) is 17.1 Å². The minimum atomic E-state index is -2.85. The Kier molecular flexibility index (Phi) is 3.47. The van der Waals surface area contributed by atoms with Crippen molar-refractivity contribution in [1.82, 2.24) is 0 Å². The Morgan fingerprint density at radius 2 is 1.58 bits per heavy atom. The highest BCUT2D eigenvalue weighted by Crippen LogP contribution is 2.30. The second-order valence-electron chi connectivity index (χ2n) is 4.57. The first kappa shape index (κ1) is 13.4. The largest absolute Gasteiger partial charge is 0.294 e. The lowest BCUT2D eigenvalue weighted by atomic mass is 9.96. The van der Waals surface area contributed by atoms with Gasteiger partial charge in [0.25, 0.3) is 5.92 Å². The van der Waals surface area contributed by atoms with E-state index in [1.54, 1.807) is 24.3 Å². The average molecular weight is 260 g/mol. The van der Waals surface area contributed by atoms with Crippen LogP contribution in [0, 0.1) is 0 Å². The lowest BCUT2D eigenvalue weighted by molar-refractivity contribution is 0.0175. The normalized spacial score (nSPS) is 11.4. The maximum Gasteiger partial charge on any atom is 0.270 e. The van der Waals surface area contributed by atoms with Gasteiger partial charge in [0.2, 0.25) is 0 Å². The van der Waals surface area contributed by atoms with Crippen molar-refractivity contribution in [3.05, 3.63) is 59.7 Å². The van der Waals surface area contributed by atoms with Crippen molar-refractivity contribution in [2.75, 3.05) is 0 Å². The van der Waals surface area contributed by atoms with Gasteiger partial charge in [-0.3, -0.25) is 4.79 Å². The van der Waals surface area contributed by atoms with Crippen LogP contribution in [0.1, 0.15) is 29.8 Å². The van der Waals surface area contributed by atoms with Crippen molar-refractivity contribution >= 4 is 5.78 Å². The Hall–Kier alpha value is -2.03. The van der Waals surface area contributed by atoms with E-state index in [4.69, 9.17) is 0 Å². The summed E-state index contributed by atoms with van der Waals surface area (Å²) in [5, 5.41) is 0. The number of Topliss-reactive ketones (excluding diaryl/α,β-unsaturated/α-hetero) is 1. The van der Waals surface area contributed by atoms with E-state index in [0.717, 1.165) is 18.1 Å². The van der Waals surface area contributed by atoms with Crippen molar-refractivity contribution in [1.29, 1.82) is 0 Å². The van der Waals surface area contributed by atoms with E-state index >= 15 is 0 Å². The van der Waals surface area contributed by atoms with Gasteiger partial charge in [-0.05, 0) is 18.1 Å². The molecule has 2 aromatic rings. The van der Waals surface area contributed by atoms with Gasteiger partial charge >= 0.3 is 0 Å². The minimum Gasteiger partial charge on any atom is -0.294 e. The highest BCUT2D eigenvalue weighted by Gasteiger charge is 2.23. The first-order valence-electron chi connectivity index (χ1n) is 5.98. The molecule has 0 bridgehead atoms. The fourth-order valence-electron chi connectivity index (χ4n) is 1.98. The van der Waals surface area contributed by atoms with Crippen LogP contribution in [0.4, 0.5) is 8.78 Å². The van der Waals surface area contributed by atoms with E-state index < -0.39 is 5.92 Å². The van der Waals surface area contributed by atoms with E-state index in [0.29, 0.717) is 5.56 Å². The summed E-state index contributed by atoms with van der Waals surface area (Å²) in [6, 6.07) is 13.2. The van der Waals surface area contributed by atoms with Gasteiger partial charge in [0, 0.05) is 18.1 Å². The third-order valence-corrected chi connectivity index (χ3v) is 3.01. The number of hydrogen-bond acceptors (Lipinski definition) is 1. The Balaban J connectivity index is 2.46. The van der Waals surface area contributed by atoms with E-state index in [9.17, 15) is 13.6 Å². The SMILES string of the molecule is CC(=O)c1ccccc1-c1ccc(C(C)(F)F)cc1. The molecule has 98 valence electrons. The third kappa shape index (κ3) is 2.87. The van der Waals surface area contributed by atoms with Crippen LogP contribution in [0.3, 0.4) is 0 Å². The first-order chi connectivity index (χ1) is 8.89. The molecule has 0 amide bonds. The number of hydrogen-bond donors (Lipinski definition) is 0. The molecule has 0 fully saturated rings. The number of carbonyl (C=O) groups is 1. The smallest absolute Gasteiger partial charge is 0.270 e. The molecule has 0 unspecified atom stereocenters. The lowest BCUT2D eigenvalue weighted by Gasteiger charge is -2.12. The second kappa shape index (κ2) is 4.92. The van der Waals surface area contributed by atoms with Crippen LogP contribution in [0.2, 0.25) is 0 Å². The summed E-state index contributed by atoms with van der Waals surface area (Å²) in [7, 11) is 0. The quantitative estimate of drug-likeness (QED) is 0.733. The van der Waals surface area contributed by atoms with E-state index in [1.807, 2.05) is 12.1 Å². The molecule has 0 aliphatic carbocycles. The van der Waals surface area contributed by atoms with Crippen molar-refractivity contribution < 1.29 is 13.6 Å². The number of rotatable bonds is 3. The number of benzene rings is 2. The van der Waals surface area contributed by atoms with Gasteiger partial charge in [-0.25, -0.2) is 8.78 Å². The number of alkyl halides is 2. The Morgan fingerprint density at radius 3 is 2.11 bits per heavy atom. The molecule has 0 aromatic heterocycles. The molecule has 3 heteroatoms. The molecular formula is C16H14F2O. The highest BCUT2D eigenvalue weighted by atomic mass is 19.3. The number of ketones is 1. The first-order valence-corrected chi connectivity index (χ1v) is 5.98. The van der Waals surface area contributed by atoms with Gasteiger partial charge < -0.3 is 0 Å². The fraction of sp³-hybridized carbons (Fsp3) is 0.188. The molecule has 0 saturated heterocycles. The molecule has 0 atom stereocenters. The van der Waals surface area contributed by atoms with Crippen LogP contribution in [-0.2, 0) is 5.92 Å². The standard InChI is InChI=1S/C16H14F2O/c1-11(19)14-5-3-4-6-15(14)12-7-9-13(10-8-12)16(2,17)18/h3-10H,1-2H3. The van der Waals surface area contributed by atoms with Gasteiger partial charge in [-0.15, -0.1) is 0 Å². The molecule has 0 N–H and O–H groups in total. The molecule has 2 rings (SSSR count). The molecule has 0 saturated carbocycles. The molecule has 2 aromatic carbocycles. The van der Waals surface area contributed by atoms with Crippen molar-refractivity contribution in [2.24, 2.45) is 0 Å². The van der Waals surface area contributed by atoms with Crippen molar-refractivity contribution in [3.63, 3.8) is 0 Å². The van der Waals surface area contributed by atoms with Crippen molar-refractivity contribution in [2.45, 2.75) is 19.8 Å². The van der Waals surface area contributed by atoms with E-state index in [1.165, 1.54) is 19.1 Å². The van der Waals surface area contributed by atoms with Gasteiger partial charge in [0.1, 0.15) is 0 Å². The Morgan fingerprint density at radius 1 is 1.00 bits per heavy atom. The predicted octanol–water partition coefficient (Wildman–Crippen LogP) is 4.67. The molecule has 19 heavy (non-hydrogen) atoms. The summed E-state index contributed by atoms with van der Waals surface area (Å²) in [5.41, 5.74) is 2.09. The molecule has 0 spiro atoms. The third-order valence-electron chi connectivity index (χ3n) is 3.01. The number of carbonyl (C=O) groups excluding carboxylic acids is 1. The molecule has 0 radical (unpaired) electrons. The fourth-order valence-corrected chi connectivity index (χ4v) is 1.98. The molecule has 0 aliphatic heterocycles. The van der Waals surface area contributed by atoms with Crippen LogP contribution in [0.25, 0.3) is 11.1 Å². The summed E-state index contributed by atoms with van der Waals surface area (Å²) >= 11 is 0. The van der Waals surface area contributed by atoms with Crippen LogP contribution in [-0.4, -0.2) is 5.78 Å². The van der Waals surface area contributed by atoms with Gasteiger partial charge in [-0.1, -0.05) is 48.5 Å². The molecule has 0 aliphatic rings. The predicted molar refractivity (Wildman–Crippen MR) is 71.5 cm³/mol. The highest BCUT2D eigenvalue weighted by molar-refractivity contribution is 6.00. The lowest BCUT2D eigenvalue weighted by Crippen LogP contribution is -2.06. The molecular weight excluding hydrogens is 246 g/mol. The summed E-state index contributed by atoms with van der Waals surface area (Å²) in [6.45, 7) is 2.36. The second-order valence-corrected chi connectivity index (χ2v) is 4.57. The summed E-state index contributed by atoms with van der Waals surface area (Å²) in [5.74, 6) is -2.89. The maximum atomic E-state index is 13.1. The monoisotopic (exact) mass is 260 g/mol. The summed E-state index contributed by atoms with van der Waals surface area (Å²) < 4.78 is 26.3. The maximum absolute atomic E-state index is 13.1.